The Morgan fingerprint density at radius 3 is 2.80 bits per heavy atom. The van der Waals surface area contributed by atoms with E-state index < -0.39 is 11.8 Å². The third kappa shape index (κ3) is 3.06. The lowest BCUT2D eigenvalue weighted by Gasteiger charge is -1.99. The normalized spacial score (nSPS) is 9.73. The number of nitrogens with one attached hydrogen (secondary N) is 2. The summed E-state index contributed by atoms with van der Waals surface area (Å²) in [5.74, 6) is 4.11. The Labute approximate surface area is 86.0 Å². The molecule has 1 aromatic heterocycles. The lowest BCUT2D eigenvalue weighted by molar-refractivity contribution is -0.139. The van der Waals surface area contributed by atoms with Crippen LogP contribution >= 0.6 is 0 Å². The van der Waals surface area contributed by atoms with Crippen molar-refractivity contribution in [2.45, 2.75) is 19.9 Å². The van der Waals surface area contributed by atoms with Crippen LogP contribution in [0, 0.1) is 0 Å². The molecule has 4 N–H and O–H groups in total. The van der Waals surface area contributed by atoms with Gasteiger partial charge in [-0.3, -0.25) is 15.0 Å². The Bertz CT molecular complexity index is 361. The first kappa shape index (κ1) is 11.2. The molecule has 0 saturated carbocycles. The average molecular weight is 212 g/mol. The number of carbonyl (C=O) groups excluding carboxylic acids is 2. The van der Waals surface area contributed by atoms with Crippen molar-refractivity contribution in [3.05, 3.63) is 17.8 Å². The van der Waals surface area contributed by atoms with Crippen molar-refractivity contribution in [3.8, 4) is 0 Å². The summed E-state index contributed by atoms with van der Waals surface area (Å²) in [5.41, 5.74) is 1.72. The van der Waals surface area contributed by atoms with Gasteiger partial charge in [0.05, 0.1) is 12.7 Å². The summed E-state index contributed by atoms with van der Waals surface area (Å²) in [6.07, 6.45) is 2.30. The zero-order chi connectivity index (χ0) is 11.3. The molecule has 7 nitrogen and oxygen atoms in total. The maximum atomic E-state index is 11.0. The molecule has 0 aromatic carbocycles. The van der Waals surface area contributed by atoms with Gasteiger partial charge in [0.1, 0.15) is 5.76 Å². The molecular weight excluding hydrogens is 200 g/mol. The molecule has 0 unspecified atom stereocenters. The second-order valence-corrected chi connectivity index (χ2v) is 2.73. The SMILES string of the molecule is CCc1cnc(CNC(=O)C(=O)NN)o1. The van der Waals surface area contributed by atoms with Gasteiger partial charge in [0.2, 0.25) is 5.89 Å². The van der Waals surface area contributed by atoms with Gasteiger partial charge >= 0.3 is 11.8 Å². The third-order valence-corrected chi connectivity index (χ3v) is 1.69. The molecule has 1 rings (SSSR count). The highest BCUT2D eigenvalue weighted by Gasteiger charge is 2.12. The quantitative estimate of drug-likeness (QED) is 0.253. The molecule has 0 bridgehead atoms. The molecule has 0 fully saturated rings. The summed E-state index contributed by atoms with van der Waals surface area (Å²) in [6.45, 7) is 1.98. The smallest absolute Gasteiger partial charge is 0.323 e. The summed E-state index contributed by atoms with van der Waals surface area (Å²) in [4.78, 5) is 25.5. The first-order valence-electron chi connectivity index (χ1n) is 4.39. The Kier molecular flexibility index (Phi) is 3.81. The Hall–Kier alpha value is -1.89. The number of amides is 2. The number of aromatic nitrogens is 1. The first-order valence-corrected chi connectivity index (χ1v) is 4.39. The summed E-state index contributed by atoms with van der Waals surface area (Å²) >= 11 is 0. The summed E-state index contributed by atoms with van der Waals surface area (Å²) in [6, 6.07) is 0. The minimum Gasteiger partial charge on any atom is -0.444 e. The predicted octanol–water partition coefficient (Wildman–Crippen LogP) is -1.16. The second-order valence-electron chi connectivity index (χ2n) is 2.73. The second kappa shape index (κ2) is 5.11. The standard InChI is InChI=1S/C8H12N4O3/c1-2-5-3-10-6(15-5)4-11-7(13)8(14)12-9/h3H,2,4,9H2,1H3,(H,11,13)(H,12,14). The molecule has 82 valence electrons. The third-order valence-electron chi connectivity index (χ3n) is 1.69. The van der Waals surface area contributed by atoms with E-state index in [-0.39, 0.29) is 6.54 Å². The van der Waals surface area contributed by atoms with Gasteiger partial charge < -0.3 is 9.73 Å². The molecule has 0 aliphatic carbocycles. The van der Waals surface area contributed by atoms with Crippen molar-refractivity contribution in [3.63, 3.8) is 0 Å². The maximum Gasteiger partial charge on any atom is 0.323 e. The van der Waals surface area contributed by atoms with E-state index in [0.29, 0.717) is 5.89 Å². The maximum absolute atomic E-state index is 11.0. The van der Waals surface area contributed by atoms with Crippen LogP contribution in [0.15, 0.2) is 10.6 Å². The first-order chi connectivity index (χ1) is 7.17. The van der Waals surface area contributed by atoms with Gasteiger partial charge in [-0.25, -0.2) is 10.8 Å². The molecule has 1 aromatic rings. The summed E-state index contributed by atoms with van der Waals surface area (Å²) in [7, 11) is 0. The molecule has 7 heteroatoms. The van der Waals surface area contributed by atoms with Crippen LogP contribution in [0.5, 0.6) is 0 Å². The van der Waals surface area contributed by atoms with E-state index in [1.54, 1.807) is 11.6 Å². The molecule has 1 heterocycles. The average Bonchev–Trinajstić information content (AvgIpc) is 2.72. The fourth-order valence-electron chi connectivity index (χ4n) is 0.895. The molecular formula is C8H12N4O3. The van der Waals surface area contributed by atoms with Crippen LogP contribution in [0.1, 0.15) is 18.6 Å². The lowest BCUT2D eigenvalue weighted by Crippen LogP contribution is -2.42. The number of carbonyl (C=O) groups is 2. The zero-order valence-electron chi connectivity index (χ0n) is 8.24. The molecule has 0 saturated heterocycles. The van der Waals surface area contributed by atoms with Crippen molar-refractivity contribution in [2.75, 3.05) is 0 Å². The number of nitrogens with two attached hydrogens (primary N) is 1. The van der Waals surface area contributed by atoms with E-state index in [1.807, 2.05) is 6.92 Å². The van der Waals surface area contributed by atoms with Gasteiger partial charge in [-0.1, -0.05) is 6.92 Å². The zero-order valence-corrected chi connectivity index (χ0v) is 8.24. The summed E-state index contributed by atoms with van der Waals surface area (Å²) in [5, 5.41) is 2.30. The number of aryl methyl sites for hydroxylation is 1. The molecule has 0 spiro atoms. The largest absolute Gasteiger partial charge is 0.444 e. The van der Waals surface area contributed by atoms with Crippen LogP contribution in [0.3, 0.4) is 0 Å². The number of hydrazine groups is 1. The van der Waals surface area contributed by atoms with E-state index in [2.05, 4.69) is 10.3 Å². The highest BCUT2D eigenvalue weighted by molar-refractivity contribution is 6.34. The fourth-order valence-corrected chi connectivity index (χ4v) is 0.895. The Morgan fingerprint density at radius 1 is 1.53 bits per heavy atom. The number of hydrogen-bond donors (Lipinski definition) is 3. The number of hydrogen-bond acceptors (Lipinski definition) is 5. The summed E-state index contributed by atoms with van der Waals surface area (Å²) < 4.78 is 5.21. The molecule has 0 atom stereocenters. The van der Waals surface area contributed by atoms with Crippen molar-refractivity contribution in [2.24, 2.45) is 5.84 Å². The van der Waals surface area contributed by atoms with E-state index in [1.165, 1.54) is 0 Å². The topological polar surface area (TPSA) is 110 Å². The Morgan fingerprint density at radius 2 is 2.27 bits per heavy atom. The molecule has 2 amide bonds. The van der Waals surface area contributed by atoms with Crippen molar-refractivity contribution < 1.29 is 14.0 Å². The predicted molar refractivity (Wildman–Crippen MR) is 50.1 cm³/mol. The van der Waals surface area contributed by atoms with Crippen LogP contribution in [0.25, 0.3) is 0 Å². The number of nitrogens with zero attached hydrogens (tertiary/aromatic N) is 1. The van der Waals surface area contributed by atoms with Gasteiger partial charge in [-0.05, 0) is 0 Å². The van der Waals surface area contributed by atoms with E-state index in [4.69, 9.17) is 10.3 Å². The monoisotopic (exact) mass is 212 g/mol. The highest BCUT2D eigenvalue weighted by atomic mass is 16.4. The van der Waals surface area contributed by atoms with Crippen LogP contribution in [0.4, 0.5) is 0 Å². The van der Waals surface area contributed by atoms with Crippen LogP contribution in [-0.4, -0.2) is 16.8 Å². The minimum atomic E-state index is -0.905. The van der Waals surface area contributed by atoms with Crippen molar-refractivity contribution >= 4 is 11.8 Å². The minimum absolute atomic E-state index is 0.0618. The van der Waals surface area contributed by atoms with Crippen molar-refractivity contribution in [1.29, 1.82) is 0 Å². The van der Waals surface area contributed by atoms with Gasteiger partial charge in [0, 0.05) is 6.42 Å². The van der Waals surface area contributed by atoms with Crippen molar-refractivity contribution in [1.82, 2.24) is 15.7 Å². The lowest BCUT2D eigenvalue weighted by atomic mass is 10.4. The van der Waals surface area contributed by atoms with E-state index >= 15 is 0 Å². The molecule has 15 heavy (non-hydrogen) atoms. The van der Waals surface area contributed by atoms with Gasteiger partial charge in [-0.15, -0.1) is 0 Å². The molecule has 0 aliphatic heterocycles. The van der Waals surface area contributed by atoms with E-state index in [0.717, 1.165) is 12.2 Å². The molecule has 0 radical (unpaired) electrons. The Balaban J connectivity index is 2.43. The number of rotatable bonds is 3. The number of oxazole rings is 1. The van der Waals surface area contributed by atoms with Gasteiger partial charge in [0.15, 0.2) is 0 Å². The van der Waals surface area contributed by atoms with Crippen LogP contribution in [0.2, 0.25) is 0 Å². The van der Waals surface area contributed by atoms with Gasteiger partial charge in [-0.2, -0.15) is 0 Å². The van der Waals surface area contributed by atoms with Crippen LogP contribution < -0.4 is 16.6 Å². The molecule has 0 aliphatic rings. The fraction of sp³-hybridized carbons (Fsp3) is 0.375. The van der Waals surface area contributed by atoms with Gasteiger partial charge in [0.25, 0.3) is 0 Å². The van der Waals surface area contributed by atoms with Crippen LogP contribution in [-0.2, 0) is 22.6 Å². The highest BCUT2D eigenvalue weighted by Crippen LogP contribution is 2.03. The van der Waals surface area contributed by atoms with E-state index in [9.17, 15) is 9.59 Å².